The molecule has 0 bridgehead atoms. The third-order valence-electron chi connectivity index (χ3n) is 2.73. The van der Waals surface area contributed by atoms with Crippen LogP contribution in [0.1, 0.15) is 25.7 Å². The molecule has 1 heterocycles. The largest absolute Gasteiger partial charge is 0.321 e. The van der Waals surface area contributed by atoms with Gasteiger partial charge in [-0.1, -0.05) is 28.1 Å². The van der Waals surface area contributed by atoms with Crippen LogP contribution in [0, 0.1) is 13.8 Å². The highest BCUT2D eigenvalue weighted by atomic mass is 79.9. The zero-order valence-corrected chi connectivity index (χ0v) is 12.7. The predicted octanol–water partition coefficient (Wildman–Crippen LogP) is 4.51. The minimum atomic E-state index is -0.0390. The Kier molecular flexibility index (Phi) is 4.19. The molecule has 0 aliphatic rings. The third kappa shape index (κ3) is 3.00. The number of nitrogens with one attached hydrogen (secondary N) is 1. The lowest BCUT2D eigenvalue weighted by atomic mass is 10.2. The summed E-state index contributed by atoms with van der Waals surface area (Å²) in [5.74, 6) is -0.0390. The number of halogens is 1. The van der Waals surface area contributed by atoms with Gasteiger partial charge in [-0.15, -0.1) is 11.3 Å². The second-order valence-corrected chi connectivity index (χ2v) is 5.96. The standard InChI is InChI=1S/C14H14BrNOS/c1-9-6-13(18-10(9)2)14(17)16-12-5-3-4-11(7-12)8-15/h3-7H,8H2,1-2H3,(H,16,17). The molecule has 0 saturated heterocycles. The zero-order chi connectivity index (χ0) is 13.1. The van der Waals surface area contributed by atoms with E-state index in [1.165, 1.54) is 21.8 Å². The predicted molar refractivity (Wildman–Crippen MR) is 80.8 cm³/mol. The smallest absolute Gasteiger partial charge is 0.265 e. The number of anilines is 1. The van der Waals surface area contributed by atoms with Gasteiger partial charge in [0.2, 0.25) is 0 Å². The highest BCUT2D eigenvalue weighted by Crippen LogP contribution is 2.22. The molecule has 0 aliphatic heterocycles. The number of hydrogen-bond acceptors (Lipinski definition) is 2. The van der Waals surface area contributed by atoms with E-state index in [1.54, 1.807) is 0 Å². The van der Waals surface area contributed by atoms with Crippen molar-refractivity contribution in [1.29, 1.82) is 0 Å². The van der Waals surface area contributed by atoms with E-state index in [0.717, 1.165) is 21.5 Å². The van der Waals surface area contributed by atoms with Gasteiger partial charge in [0, 0.05) is 15.9 Å². The molecule has 1 aromatic carbocycles. The molecule has 18 heavy (non-hydrogen) atoms. The van der Waals surface area contributed by atoms with Gasteiger partial charge in [-0.3, -0.25) is 4.79 Å². The van der Waals surface area contributed by atoms with E-state index >= 15 is 0 Å². The SMILES string of the molecule is Cc1cc(C(=O)Nc2cccc(CBr)c2)sc1C. The van der Waals surface area contributed by atoms with E-state index in [4.69, 9.17) is 0 Å². The van der Waals surface area contributed by atoms with E-state index < -0.39 is 0 Å². The van der Waals surface area contributed by atoms with Crippen molar-refractivity contribution < 1.29 is 4.79 Å². The lowest BCUT2D eigenvalue weighted by molar-refractivity contribution is 0.103. The summed E-state index contributed by atoms with van der Waals surface area (Å²) in [7, 11) is 0. The quantitative estimate of drug-likeness (QED) is 0.827. The number of rotatable bonds is 3. The van der Waals surface area contributed by atoms with Crippen LogP contribution in [0.2, 0.25) is 0 Å². The second kappa shape index (κ2) is 5.67. The van der Waals surface area contributed by atoms with Crippen LogP contribution in [-0.2, 0) is 5.33 Å². The van der Waals surface area contributed by atoms with Gasteiger partial charge in [-0.05, 0) is 43.2 Å². The molecule has 1 amide bonds. The van der Waals surface area contributed by atoms with E-state index in [0.29, 0.717) is 0 Å². The van der Waals surface area contributed by atoms with Crippen molar-refractivity contribution >= 4 is 38.9 Å². The van der Waals surface area contributed by atoms with Crippen molar-refractivity contribution in [1.82, 2.24) is 0 Å². The first-order chi connectivity index (χ1) is 8.60. The first-order valence-electron chi connectivity index (χ1n) is 5.63. The van der Waals surface area contributed by atoms with E-state index in [1.807, 2.05) is 44.2 Å². The summed E-state index contributed by atoms with van der Waals surface area (Å²) in [6.07, 6.45) is 0. The van der Waals surface area contributed by atoms with Crippen LogP contribution >= 0.6 is 27.3 Å². The molecule has 0 radical (unpaired) electrons. The Morgan fingerprint density at radius 3 is 2.72 bits per heavy atom. The molecule has 2 nitrogen and oxygen atoms in total. The summed E-state index contributed by atoms with van der Waals surface area (Å²) in [5, 5.41) is 3.71. The fourth-order valence-corrected chi connectivity index (χ4v) is 2.89. The lowest BCUT2D eigenvalue weighted by Gasteiger charge is -2.04. The highest BCUT2D eigenvalue weighted by Gasteiger charge is 2.10. The average molecular weight is 324 g/mol. The third-order valence-corrected chi connectivity index (χ3v) is 4.53. The van der Waals surface area contributed by atoms with E-state index in [9.17, 15) is 4.79 Å². The van der Waals surface area contributed by atoms with Crippen LogP contribution in [-0.4, -0.2) is 5.91 Å². The fourth-order valence-electron chi connectivity index (χ4n) is 1.61. The average Bonchev–Trinajstić information content (AvgIpc) is 2.70. The molecular formula is C14H14BrNOS. The van der Waals surface area contributed by atoms with Crippen molar-refractivity contribution in [3.8, 4) is 0 Å². The normalized spacial score (nSPS) is 10.4. The first kappa shape index (κ1) is 13.3. The number of thiophene rings is 1. The Morgan fingerprint density at radius 2 is 2.11 bits per heavy atom. The van der Waals surface area contributed by atoms with Crippen molar-refractivity contribution in [2.24, 2.45) is 0 Å². The summed E-state index contributed by atoms with van der Waals surface area (Å²) in [6.45, 7) is 4.05. The summed E-state index contributed by atoms with van der Waals surface area (Å²) in [5.41, 5.74) is 3.14. The summed E-state index contributed by atoms with van der Waals surface area (Å²) in [4.78, 5) is 14.0. The molecule has 0 spiro atoms. The van der Waals surface area contributed by atoms with E-state index in [-0.39, 0.29) is 5.91 Å². The first-order valence-corrected chi connectivity index (χ1v) is 7.57. The molecule has 1 aromatic heterocycles. The molecule has 0 aliphatic carbocycles. The monoisotopic (exact) mass is 323 g/mol. The van der Waals surface area contributed by atoms with E-state index in [2.05, 4.69) is 21.2 Å². The molecule has 94 valence electrons. The molecule has 0 saturated carbocycles. The number of amides is 1. The number of hydrogen-bond donors (Lipinski definition) is 1. The maximum atomic E-state index is 12.1. The Bertz CT molecular complexity index is 557. The van der Waals surface area contributed by atoms with Gasteiger partial charge in [-0.2, -0.15) is 0 Å². The Labute approximate surface area is 119 Å². The Balaban J connectivity index is 2.15. The van der Waals surface area contributed by atoms with Gasteiger partial charge in [0.25, 0.3) is 5.91 Å². The molecule has 1 N–H and O–H groups in total. The topological polar surface area (TPSA) is 29.1 Å². The summed E-state index contributed by atoms with van der Waals surface area (Å²) < 4.78 is 0. The second-order valence-electron chi connectivity index (χ2n) is 4.14. The molecule has 0 unspecified atom stereocenters. The lowest BCUT2D eigenvalue weighted by Crippen LogP contribution is -2.10. The molecule has 2 rings (SSSR count). The molecule has 0 fully saturated rings. The number of carbonyl (C=O) groups is 1. The van der Waals surface area contributed by atoms with Crippen LogP contribution in [0.25, 0.3) is 0 Å². The van der Waals surface area contributed by atoms with Gasteiger partial charge in [0.05, 0.1) is 4.88 Å². The van der Waals surface area contributed by atoms with Crippen LogP contribution in [0.3, 0.4) is 0 Å². The highest BCUT2D eigenvalue weighted by molar-refractivity contribution is 9.08. The molecule has 0 atom stereocenters. The number of aryl methyl sites for hydroxylation is 2. The zero-order valence-electron chi connectivity index (χ0n) is 10.3. The van der Waals surface area contributed by atoms with Gasteiger partial charge in [0.1, 0.15) is 0 Å². The summed E-state index contributed by atoms with van der Waals surface area (Å²) >= 11 is 4.94. The maximum Gasteiger partial charge on any atom is 0.265 e. The molecule has 2 aromatic rings. The summed E-state index contributed by atoms with van der Waals surface area (Å²) in [6, 6.07) is 9.77. The van der Waals surface area contributed by atoms with Gasteiger partial charge in [0.15, 0.2) is 0 Å². The van der Waals surface area contributed by atoms with Crippen molar-refractivity contribution in [2.45, 2.75) is 19.2 Å². The number of carbonyl (C=O) groups excluding carboxylic acids is 1. The van der Waals surface area contributed by atoms with Gasteiger partial charge < -0.3 is 5.32 Å². The van der Waals surface area contributed by atoms with Crippen molar-refractivity contribution in [3.63, 3.8) is 0 Å². The van der Waals surface area contributed by atoms with Crippen LogP contribution in [0.4, 0.5) is 5.69 Å². The minimum Gasteiger partial charge on any atom is -0.321 e. The van der Waals surface area contributed by atoms with Crippen LogP contribution in [0.15, 0.2) is 30.3 Å². The Hall–Kier alpha value is -1.13. The van der Waals surface area contributed by atoms with Crippen LogP contribution in [0.5, 0.6) is 0 Å². The number of alkyl halides is 1. The Morgan fingerprint density at radius 1 is 1.33 bits per heavy atom. The minimum absolute atomic E-state index is 0.0390. The van der Waals surface area contributed by atoms with Crippen molar-refractivity contribution in [3.05, 3.63) is 51.2 Å². The van der Waals surface area contributed by atoms with Gasteiger partial charge >= 0.3 is 0 Å². The van der Waals surface area contributed by atoms with Crippen LogP contribution < -0.4 is 5.32 Å². The molecular weight excluding hydrogens is 310 g/mol. The maximum absolute atomic E-state index is 12.1. The van der Waals surface area contributed by atoms with Gasteiger partial charge in [-0.25, -0.2) is 0 Å². The molecule has 4 heteroatoms. The fraction of sp³-hybridized carbons (Fsp3) is 0.214. The number of benzene rings is 1. The van der Waals surface area contributed by atoms with Crippen molar-refractivity contribution in [2.75, 3.05) is 5.32 Å².